The molecule has 188 valence electrons. The quantitative estimate of drug-likeness (QED) is 0.134. The molecule has 0 aromatic heterocycles. The molecule has 0 fully saturated rings. The fourth-order valence-electron chi connectivity index (χ4n) is 5.42. The first kappa shape index (κ1) is 27.6. The summed E-state index contributed by atoms with van der Waals surface area (Å²) in [6.07, 6.45) is 9.67. The molecule has 3 aromatic carbocycles. The predicted molar refractivity (Wildman–Crippen MR) is 154 cm³/mol. The SMILES string of the molecule is COC(CCCCCCCC[P+](c1ccccc1C)(c1ccccc1C)c1ccccc1C)OC. The van der Waals surface area contributed by atoms with Gasteiger partial charge in [0.05, 0.1) is 6.16 Å². The predicted octanol–water partition coefficient (Wildman–Crippen LogP) is 7.26. The lowest BCUT2D eigenvalue weighted by Crippen LogP contribution is -2.37. The molecule has 0 atom stereocenters. The lowest BCUT2D eigenvalue weighted by atomic mass is 10.1. The molecule has 0 radical (unpaired) electrons. The van der Waals surface area contributed by atoms with Crippen molar-refractivity contribution < 1.29 is 9.47 Å². The summed E-state index contributed by atoms with van der Waals surface area (Å²) >= 11 is 0. The smallest absolute Gasteiger partial charge is 0.156 e. The van der Waals surface area contributed by atoms with E-state index < -0.39 is 7.26 Å². The van der Waals surface area contributed by atoms with Crippen LogP contribution in [0.5, 0.6) is 0 Å². The van der Waals surface area contributed by atoms with Crippen molar-refractivity contribution >= 4 is 23.2 Å². The van der Waals surface area contributed by atoms with Crippen molar-refractivity contribution in [1.29, 1.82) is 0 Å². The number of aryl methyl sites for hydroxylation is 3. The zero-order chi connectivity index (χ0) is 25.1. The van der Waals surface area contributed by atoms with Gasteiger partial charge in [-0.25, -0.2) is 0 Å². The van der Waals surface area contributed by atoms with Gasteiger partial charge in [0.15, 0.2) is 6.29 Å². The highest BCUT2D eigenvalue weighted by atomic mass is 31.2. The van der Waals surface area contributed by atoms with E-state index in [-0.39, 0.29) is 6.29 Å². The molecule has 0 saturated carbocycles. The van der Waals surface area contributed by atoms with Gasteiger partial charge in [-0.2, -0.15) is 0 Å². The van der Waals surface area contributed by atoms with Crippen molar-refractivity contribution in [3.8, 4) is 0 Å². The Kier molecular flexibility index (Phi) is 11.0. The van der Waals surface area contributed by atoms with Crippen LogP contribution in [0.2, 0.25) is 0 Å². The normalized spacial score (nSPS) is 11.8. The molecule has 0 heterocycles. The molecule has 35 heavy (non-hydrogen) atoms. The summed E-state index contributed by atoms with van der Waals surface area (Å²) in [7, 11) is 1.66. The summed E-state index contributed by atoms with van der Waals surface area (Å²) in [6, 6.07) is 27.4. The molecule has 0 spiro atoms. The average Bonchev–Trinajstić information content (AvgIpc) is 2.87. The second kappa shape index (κ2) is 13.9. The van der Waals surface area contributed by atoms with Crippen LogP contribution in [-0.4, -0.2) is 26.7 Å². The summed E-state index contributed by atoms with van der Waals surface area (Å²) in [6.45, 7) is 6.90. The molecule has 0 aliphatic carbocycles. The van der Waals surface area contributed by atoms with Gasteiger partial charge in [-0.3, -0.25) is 0 Å². The van der Waals surface area contributed by atoms with Crippen molar-refractivity contribution in [2.24, 2.45) is 0 Å². The third-order valence-corrected chi connectivity index (χ3v) is 12.2. The number of hydrogen-bond acceptors (Lipinski definition) is 2. The topological polar surface area (TPSA) is 18.5 Å². The van der Waals surface area contributed by atoms with Gasteiger partial charge < -0.3 is 9.47 Å². The van der Waals surface area contributed by atoms with Crippen LogP contribution in [-0.2, 0) is 9.47 Å². The highest BCUT2D eigenvalue weighted by molar-refractivity contribution is 7.96. The maximum absolute atomic E-state index is 5.32. The number of unbranched alkanes of at least 4 members (excludes halogenated alkanes) is 5. The fourth-order valence-corrected chi connectivity index (χ4v) is 10.7. The van der Waals surface area contributed by atoms with Gasteiger partial charge in [-0.05, 0) is 81.3 Å². The molecule has 0 saturated heterocycles. The maximum atomic E-state index is 5.32. The second-order valence-corrected chi connectivity index (χ2v) is 13.2. The lowest BCUT2D eigenvalue weighted by Gasteiger charge is -2.31. The fraction of sp³-hybridized carbons (Fsp3) is 0.438. The number of methoxy groups -OCH3 is 2. The van der Waals surface area contributed by atoms with E-state index in [1.165, 1.54) is 61.4 Å². The van der Waals surface area contributed by atoms with Gasteiger partial charge in [-0.15, -0.1) is 0 Å². The van der Waals surface area contributed by atoms with Crippen LogP contribution in [0.3, 0.4) is 0 Å². The minimum Gasteiger partial charge on any atom is -0.356 e. The summed E-state index contributed by atoms with van der Waals surface area (Å²) in [5.41, 5.74) is 4.24. The van der Waals surface area contributed by atoms with E-state index >= 15 is 0 Å². The largest absolute Gasteiger partial charge is 0.356 e. The van der Waals surface area contributed by atoms with E-state index in [0.717, 1.165) is 6.42 Å². The van der Waals surface area contributed by atoms with E-state index in [1.807, 2.05) is 0 Å². The molecule has 3 aromatic rings. The summed E-state index contributed by atoms with van der Waals surface area (Å²) in [4.78, 5) is 0. The zero-order valence-corrected chi connectivity index (χ0v) is 23.3. The van der Waals surface area contributed by atoms with Crippen molar-refractivity contribution in [2.45, 2.75) is 72.0 Å². The van der Waals surface area contributed by atoms with Gasteiger partial charge in [-0.1, -0.05) is 73.9 Å². The zero-order valence-electron chi connectivity index (χ0n) is 22.4. The molecule has 0 aliphatic heterocycles. The Morgan fingerprint density at radius 1 is 0.543 bits per heavy atom. The Morgan fingerprint density at radius 3 is 1.31 bits per heavy atom. The first-order valence-electron chi connectivity index (χ1n) is 13.2. The van der Waals surface area contributed by atoms with Crippen molar-refractivity contribution in [3.63, 3.8) is 0 Å². The molecule has 0 N–H and O–H groups in total. The molecular weight excluding hydrogens is 447 g/mol. The Hall–Kier alpha value is -1.99. The van der Waals surface area contributed by atoms with Crippen LogP contribution in [0, 0.1) is 20.8 Å². The maximum Gasteiger partial charge on any atom is 0.156 e. The van der Waals surface area contributed by atoms with Crippen LogP contribution in [0.4, 0.5) is 0 Å². The third kappa shape index (κ3) is 6.82. The van der Waals surface area contributed by atoms with Crippen molar-refractivity contribution in [2.75, 3.05) is 20.4 Å². The van der Waals surface area contributed by atoms with E-state index in [9.17, 15) is 0 Å². The van der Waals surface area contributed by atoms with Crippen molar-refractivity contribution in [1.82, 2.24) is 0 Å². The highest BCUT2D eigenvalue weighted by Crippen LogP contribution is 2.58. The van der Waals surface area contributed by atoms with Gasteiger partial charge in [0.2, 0.25) is 0 Å². The number of benzene rings is 3. The van der Waals surface area contributed by atoms with Crippen molar-refractivity contribution in [3.05, 3.63) is 89.5 Å². The van der Waals surface area contributed by atoms with Gasteiger partial charge in [0.1, 0.15) is 23.2 Å². The third-order valence-electron chi connectivity index (χ3n) is 7.29. The number of rotatable bonds is 14. The molecule has 0 amide bonds. The molecule has 3 rings (SSSR count). The van der Waals surface area contributed by atoms with Crippen LogP contribution in [0.1, 0.15) is 61.6 Å². The second-order valence-electron chi connectivity index (χ2n) is 9.70. The molecule has 0 aliphatic rings. The highest BCUT2D eigenvalue weighted by Gasteiger charge is 2.47. The first-order chi connectivity index (χ1) is 17.0. The Morgan fingerprint density at radius 2 is 0.914 bits per heavy atom. The van der Waals surface area contributed by atoms with Crippen LogP contribution >= 0.6 is 7.26 Å². The average molecular weight is 492 g/mol. The number of ether oxygens (including phenoxy) is 2. The van der Waals surface area contributed by atoms with E-state index in [1.54, 1.807) is 30.1 Å². The van der Waals surface area contributed by atoms with Crippen LogP contribution in [0.15, 0.2) is 72.8 Å². The van der Waals surface area contributed by atoms with Gasteiger partial charge in [0, 0.05) is 14.2 Å². The minimum atomic E-state index is -1.78. The summed E-state index contributed by atoms with van der Waals surface area (Å²) < 4.78 is 10.6. The Balaban J connectivity index is 1.85. The van der Waals surface area contributed by atoms with E-state index in [2.05, 4.69) is 93.6 Å². The summed E-state index contributed by atoms with van der Waals surface area (Å²) in [5, 5.41) is 4.65. The van der Waals surface area contributed by atoms with E-state index in [0.29, 0.717) is 0 Å². The van der Waals surface area contributed by atoms with Gasteiger partial charge >= 0.3 is 0 Å². The molecule has 0 bridgehead atoms. The Labute approximate surface area is 214 Å². The standard InChI is InChI=1S/C32H44O2P/c1-26-18-11-14-21-29(26)35(30-22-15-12-19-27(30)2,31-23-16-13-20-28(31)3)25-17-9-7-6-8-10-24-32(33-4)34-5/h11-16,18-23,32H,6-10,17,24-25H2,1-5H3/q+1. The number of hydrogen-bond donors (Lipinski definition) is 0. The van der Waals surface area contributed by atoms with Crippen LogP contribution in [0.25, 0.3) is 0 Å². The molecule has 2 nitrogen and oxygen atoms in total. The lowest BCUT2D eigenvalue weighted by molar-refractivity contribution is -0.107. The molecule has 0 unspecified atom stereocenters. The minimum absolute atomic E-state index is 0.0576. The summed E-state index contributed by atoms with van der Waals surface area (Å²) in [5.74, 6) is 0. The monoisotopic (exact) mass is 491 g/mol. The first-order valence-corrected chi connectivity index (χ1v) is 15.1. The van der Waals surface area contributed by atoms with E-state index in [4.69, 9.17) is 9.47 Å². The molecule has 3 heteroatoms. The van der Waals surface area contributed by atoms with Gasteiger partial charge in [0.25, 0.3) is 0 Å². The van der Waals surface area contributed by atoms with Crippen LogP contribution < -0.4 is 15.9 Å². The molecular formula is C32H44O2P+. The Bertz CT molecular complexity index is 930.